The minimum Gasteiger partial charge on any atom is -0.790 e. The van der Waals surface area contributed by atoms with Crippen LogP contribution in [0.2, 0.25) is 0 Å². The molecule has 0 spiro atoms. The number of phosphoric ester groups is 1. The SMILES string of the molecule is Cc1ncc(COP(=O)([O-])[O-])c(CN)c1O. The van der Waals surface area contributed by atoms with E-state index in [4.69, 9.17) is 5.73 Å². The summed E-state index contributed by atoms with van der Waals surface area (Å²) in [4.78, 5) is 24.4. The summed E-state index contributed by atoms with van der Waals surface area (Å²) in [5, 5.41) is 9.58. The predicted molar refractivity (Wildman–Crippen MR) is 50.9 cm³/mol. The van der Waals surface area contributed by atoms with E-state index in [1.54, 1.807) is 6.92 Å². The molecule has 0 saturated heterocycles. The largest absolute Gasteiger partial charge is 0.790 e. The number of aryl methyl sites for hydroxylation is 1. The van der Waals surface area contributed by atoms with E-state index in [1.807, 2.05) is 0 Å². The van der Waals surface area contributed by atoms with Gasteiger partial charge in [0.25, 0.3) is 0 Å². The number of phosphoric acid groups is 1. The smallest absolute Gasteiger partial charge is 0.141 e. The standard InChI is InChI=1S/C8H13N2O5P/c1-5-8(11)7(2-9)6(3-10-5)4-15-16(12,13)14/h3,11H,2,4,9H2,1H3,(H2,12,13,14)/p-2. The van der Waals surface area contributed by atoms with Crippen LogP contribution < -0.4 is 15.5 Å². The molecule has 7 nitrogen and oxygen atoms in total. The fourth-order valence-corrected chi connectivity index (χ4v) is 1.48. The highest BCUT2D eigenvalue weighted by Crippen LogP contribution is 2.29. The van der Waals surface area contributed by atoms with Crippen LogP contribution in [-0.2, 0) is 22.2 Å². The molecule has 1 rings (SSSR count). The molecule has 0 aromatic carbocycles. The first-order valence-electron chi connectivity index (χ1n) is 4.38. The third kappa shape index (κ3) is 3.26. The van der Waals surface area contributed by atoms with Gasteiger partial charge in [0, 0.05) is 23.9 Å². The number of pyridine rings is 1. The number of rotatable bonds is 4. The molecule has 0 amide bonds. The minimum absolute atomic E-state index is 0.00406. The van der Waals surface area contributed by atoms with Crippen LogP contribution in [0.5, 0.6) is 5.75 Å². The monoisotopic (exact) mass is 246 g/mol. The van der Waals surface area contributed by atoms with E-state index in [-0.39, 0.29) is 17.9 Å². The summed E-state index contributed by atoms with van der Waals surface area (Å²) >= 11 is 0. The number of aromatic nitrogens is 1. The van der Waals surface area contributed by atoms with Gasteiger partial charge in [0.1, 0.15) is 5.75 Å². The van der Waals surface area contributed by atoms with Gasteiger partial charge in [0.05, 0.1) is 20.1 Å². The van der Waals surface area contributed by atoms with Crippen LogP contribution in [0.15, 0.2) is 6.20 Å². The van der Waals surface area contributed by atoms with E-state index >= 15 is 0 Å². The maximum atomic E-state index is 10.3. The average molecular weight is 246 g/mol. The molecule has 1 aromatic rings. The molecule has 0 aliphatic carbocycles. The maximum Gasteiger partial charge on any atom is 0.141 e. The Bertz CT molecular complexity index is 431. The van der Waals surface area contributed by atoms with Crippen molar-refractivity contribution in [1.82, 2.24) is 4.98 Å². The van der Waals surface area contributed by atoms with Crippen LogP contribution in [0.3, 0.4) is 0 Å². The lowest BCUT2D eigenvalue weighted by Crippen LogP contribution is -2.17. The summed E-state index contributed by atoms with van der Waals surface area (Å²) < 4.78 is 14.4. The lowest BCUT2D eigenvalue weighted by molar-refractivity contribution is -0.342. The Morgan fingerprint density at radius 1 is 1.62 bits per heavy atom. The number of hydrogen-bond donors (Lipinski definition) is 2. The zero-order valence-electron chi connectivity index (χ0n) is 8.54. The van der Waals surface area contributed by atoms with E-state index < -0.39 is 14.4 Å². The summed E-state index contributed by atoms with van der Waals surface area (Å²) in [5.74, 6) is -0.116. The van der Waals surface area contributed by atoms with Crippen molar-refractivity contribution in [3.63, 3.8) is 0 Å². The van der Waals surface area contributed by atoms with Gasteiger partial charge in [0.15, 0.2) is 0 Å². The van der Waals surface area contributed by atoms with Crippen molar-refractivity contribution in [3.8, 4) is 5.75 Å². The van der Waals surface area contributed by atoms with Crippen LogP contribution in [0.25, 0.3) is 0 Å². The molecule has 90 valence electrons. The third-order valence-corrected chi connectivity index (χ3v) is 2.46. The van der Waals surface area contributed by atoms with Crippen molar-refractivity contribution in [2.45, 2.75) is 20.1 Å². The van der Waals surface area contributed by atoms with Crippen molar-refractivity contribution in [2.24, 2.45) is 5.73 Å². The normalized spacial score (nSPS) is 11.8. The number of nitrogens with two attached hydrogens (primary N) is 1. The quantitative estimate of drug-likeness (QED) is 0.644. The Labute approximate surface area is 92.1 Å². The average Bonchev–Trinajstić information content (AvgIpc) is 2.18. The van der Waals surface area contributed by atoms with Gasteiger partial charge in [-0.15, -0.1) is 0 Å². The molecular weight excluding hydrogens is 235 g/mol. The topological polar surface area (TPSA) is 132 Å². The molecule has 3 N–H and O–H groups in total. The van der Waals surface area contributed by atoms with E-state index in [1.165, 1.54) is 6.20 Å². The zero-order chi connectivity index (χ0) is 12.3. The van der Waals surface area contributed by atoms with Crippen LogP contribution in [0, 0.1) is 6.92 Å². The van der Waals surface area contributed by atoms with Crippen LogP contribution in [-0.4, -0.2) is 10.1 Å². The van der Waals surface area contributed by atoms with Gasteiger partial charge in [-0.25, -0.2) is 0 Å². The van der Waals surface area contributed by atoms with Crippen LogP contribution >= 0.6 is 7.82 Å². The summed E-state index contributed by atoms with van der Waals surface area (Å²) in [5.41, 5.74) is 6.36. The van der Waals surface area contributed by atoms with Gasteiger partial charge in [-0.1, -0.05) is 0 Å². The van der Waals surface area contributed by atoms with Gasteiger partial charge in [-0.05, 0) is 6.92 Å². The van der Waals surface area contributed by atoms with E-state index in [9.17, 15) is 19.5 Å². The fourth-order valence-electron chi connectivity index (χ4n) is 1.19. The molecular formula is C8H11N2O5P-2. The first kappa shape index (κ1) is 13.1. The molecule has 0 bridgehead atoms. The van der Waals surface area contributed by atoms with Crippen molar-refractivity contribution in [1.29, 1.82) is 0 Å². The third-order valence-electron chi connectivity index (χ3n) is 2.01. The summed E-state index contributed by atoms with van der Waals surface area (Å²) in [6, 6.07) is 0. The first-order valence-corrected chi connectivity index (χ1v) is 5.84. The second-order valence-electron chi connectivity index (χ2n) is 3.12. The minimum atomic E-state index is -5.04. The highest BCUT2D eigenvalue weighted by Gasteiger charge is 2.10. The molecule has 0 radical (unpaired) electrons. The maximum absolute atomic E-state index is 10.3. The van der Waals surface area contributed by atoms with Crippen molar-refractivity contribution in [3.05, 3.63) is 23.0 Å². The van der Waals surface area contributed by atoms with E-state index in [2.05, 4.69) is 9.51 Å². The molecule has 0 fully saturated rings. The Morgan fingerprint density at radius 3 is 2.75 bits per heavy atom. The highest BCUT2D eigenvalue weighted by atomic mass is 31.2. The Kier molecular flexibility index (Phi) is 4.01. The molecule has 0 unspecified atom stereocenters. The molecule has 16 heavy (non-hydrogen) atoms. The van der Waals surface area contributed by atoms with Gasteiger partial charge < -0.3 is 29.7 Å². The molecule has 1 aromatic heterocycles. The molecule has 0 saturated carbocycles. The molecule has 0 aliphatic rings. The second-order valence-corrected chi connectivity index (χ2v) is 4.27. The molecule has 0 aliphatic heterocycles. The number of nitrogens with zero attached hydrogens (tertiary/aromatic N) is 1. The van der Waals surface area contributed by atoms with E-state index in [0.29, 0.717) is 11.3 Å². The first-order chi connectivity index (χ1) is 7.35. The molecule has 1 heterocycles. The van der Waals surface area contributed by atoms with Gasteiger partial charge >= 0.3 is 0 Å². The Balaban J connectivity index is 2.97. The number of hydrogen-bond acceptors (Lipinski definition) is 7. The lowest BCUT2D eigenvalue weighted by Gasteiger charge is -2.28. The van der Waals surface area contributed by atoms with E-state index in [0.717, 1.165) is 0 Å². The lowest BCUT2D eigenvalue weighted by atomic mass is 10.1. The summed E-state index contributed by atoms with van der Waals surface area (Å²) in [7, 11) is -5.04. The van der Waals surface area contributed by atoms with Crippen LogP contribution in [0.4, 0.5) is 0 Å². The fraction of sp³-hybridized carbons (Fsp3) is 0.375. The molecule has 8 heteroatoms. The second kappa shape index (κ2) is 4.90. The predicted octanol–water partition coefficient (Wildman–Crippen LogP) is -1.10. The van der Waals surface area contributed by atoms with Crippen molar-refractivity contribution >= 4 is 7.82 Å². The van der Waals surface area contributed by atoms with Crippen molar-refractivity contribution < 1.29 is 24.0 Å². The summed E-state index contributed by atoms with van der Waals surface area (Å²) in [6.07, 6.45) is 1.31. The Morgan fingerprint density at radius 2 is 2.25 bits per heavy atom. The zero-order valence-corrected chi connectivity index (χ0v) is 9.44. The number of aromatic hydroxyl groups is 1. The van der Waals surface area contributed by atoms with Crippen LogP contribution in [0.1, 0.15) is 16.8 Å². The Hall–Kier alpha value is -0.980. The van der Waals surface area contributed by atoms with Gasteiger partial charge in [-0.3, -0.25) is 4.98 Å². The summed E-state index contributed by atoms with van der Waals surface area (Å²) in [6.45, 7) is 1.10. The van der Waals surface area contributed by atoms with Crippen molar-refractivity contribution in [2.75, 3.05) is 0 Å². The highest BCUT2D eigenvalue weighted by molar-refractivity contribution is 7.43. The van der Waals surface area contributed by atoms with Gasteiger partial charge in [0.2, 0.25) is 0 Å². The van der Waals surface area contributed by atoms with Gasteiger partial charge in [-0.2, -0.15) is 0 Å². The molecule has 0 atom stereocenters.